The lowest BCUT2D eigenvalue weighted by molar-refractivity contribution is -0.895. The lowest BCUT2D eigenvalue weighted by Gasteiger charge is -2.32. The van der Waals surface area contributed by atoms with Gasteiger partial charge >= 0.3 is 0 Å². The monoisotopic (exact) mass is 370 g/mol. The third-order valence-corrected chi connectivity index (χ3v) is 4.91. The van der Waals surface area contributed by atoms with Crippen molar-refractivity contribution < 1.29 is 18.9 Å². The molecule has 0 aliphatic carbocycles. The number of nitrogens with zero attached hydrogens (tertiary/aromatic N) is 1. The van der Waals surface area contributed by atoms with E-state index in [0.717, 1.165) is 24.4 Å². The number of hydrogen-bond acceptors (Lipinski definition) is 2. The van der Waals surface area contributed by atoms with Crippen molar-refractivity contribution in [2.75, 3.05) is 38.0 Å². The maximum absolute atomic E-state index is 12.9. The van der Waals surface area contributed by atoms with E-state index in [-0.39, 0.29) is 17.6 Å². The summed E-state index contributed by atoms with van der Waals surface area (Å²) in [5.74, 6) is -0.386. The second-order valence-corrected chi connectivity index (χ2v) is 6.82. The van der Waals surface area contributed by atoms with Crippen LogP contribution in [0.25, 0.3) is 0 Å². The van der Waals surface area contributed by atoms with Gasteiger partial charge in [-0.25, -0.2) is 4.39 Å². The van der Waals surface area contributed by atoms with Crippen LogP contribution in [-0.4, -0.2) is 49.4 Å². The van der Waals surface area contributed by atoms with Crippen molar-refractivity contribution in [2.45, 2.75) is 13.3 Å². The molecule has 142 valence electrons. The van der Waals surface area contributed by atoms with Crippen LogP contribution in [0.2, 0.25) is 0 Å². The first-order chi connectivity index (χ1) is 13.0. The van der Waals surface area contributed by atoms with E-state index in [0.29, 0.717) is 30.9 Å². The van der Waals surface area contributed by atoms with Gasteiger partial charge in [0, 0.05) is 11.3 Å². The molecular weight excluding hydrogens is 345 g/mol. The summed E-state index contributed by atoms with van der Waals surface area (Å²) < 4.78 is 12.9. The Morgan fingerprint density at radius 1 is 1.04 bits per heavy atom. The number of carbonyl (C=O) groups is 2. The van der Waals surface area contributed by atoms with Crippen molar-refractivity contribution in [2.24, 2.45) is 0 Å². The molecule has 5 nitrogen and oxygen atoms in total. The molecule has 0 bridgehead atoms. The zero-order chi connectivity index (χ0) is 19.2. The number of amides is 2. The fraction of sp³-hybridized carbons (Fsp3) is 0.333. The molecule has 1 fully saturated rings. The summed E-state index contributed by atoms with van der Waals surface area (Å²) in [6.45, 7) is 5.15. The first-order valence-corrected chi connectivity index (χ1v) is 9.32. The summed E-state index contributed by atoms with van der Waals surface area (Å²) in [5, 5.41) is 2.78. The summed E-state index contributed by atoms with van der Waals surface area (Å²) in [6.07, 6.45) is 0.955. The van der Waals surface area contributed by atoms with Gasteiger partial charge in [0.15, 0.2) is 6.54 Å². The second kappa shape index (κ2) is 8.77. The van der Waals surface area contributed by atoms with E-state index in [2.05, 4.69) is 12.2 Å². The predicted molar refractivity (Wildman–Crippen MR) is 102 cm³/mol. The Balaban J connectivity index is 1.47. The molecule has 1 heterocycles. The molecule has 0 radical (unpaired) electrons. The molecule has 2 N–H and O–H groups in total. The van der Waals surface area contributed by atoms with Crippen molar-refractivity contribution in [1.82, 2.24) is 4.90 Å². The van der Waals surface area contributed by atoms with Gasteiger partial charge in [0.25, 0.3) is 11.8 Å². The van der Waals surface area contributed by atoms with Gasteiger partial charge < -0.3 is 15.1 Å². The fourth-order valence-corrected chi connectivity index (χ4v) is 3.23. The highest BCUT2D eigenvalue weighted by atomic mass is 19.1. The Morgan fingerprint density at radius 2 is 1.67 bits per heavy atom. The SMILES string of the molecule is CCc1ccc(C(=O)N2CC[NH+](CC(=O)Nc3ccc(F)cc3)CC2)cc1. The third kappa shape index (κ3) is 5.14. The smallest absolute Gasteiger partial charge is 0.279 e. The van der Waals surface area contributed by atoms with Crippen LogP contribution in [0.1, 0.15) is 22.8 Å². The van der Waals surface area contributed by atoms with E-state index < -0.39 is 0 Å². The van der Waals surface area contributed by atoms with Gasteiger partial charge in [0.1, 0.15) is 5.82 Å². The molecular formula is C21H25FN3O2+. The Labute approximate surface area is 158 Å². The number of carbonyl (C=O) groups excluding carboxylic acids is 2. The molecule has 0 atom stereocenters. The summed E-state index contributed by atoms with van der Waals surface area (Å²) >= 11 is 0. The molecule has 1 aliphatic heterocycles. The summed E-state index contributed by atoms with van der Waals surface area (Å²) in [4.78, 5) is 27.7. The van der Waals surface area contributed by atoms with Crippen LogP contribution >= 0.6 is 0 Å². The zero-order valence-corrected chi connectivity index (χ0v) is 15.5. The Kier molecular flexibility index (Phi) is 6.19. The number of benzene rings is 2. The van der Waals surface area contributed by atoms with E-state index in [1.165, 1.54) is 17.7 Å². The number of quaternary nitrogens is 1. The summed E-state index contributed by atoms with van der Waals surface area (Å²) in [7, 11) is 0. The number of halogens is 1. The third-order valence-electron chi connectivity index (χ3n) is 4.91. The standard InChI is InChI=1S/C21H24FN3O2/c1-2-16-3-5-17(6-4-16)21(27)25-13-11-24(12-14-25)15-20(26)23-19-9-7-18(22)8-10-19/h3-10H,2,11-15H2,1H3,(H,23,26)/p+1. The molecule has 0 saturated carbocycles. The predicted octanol–water partition coefficient (Wildman–Crippen LogP) is 1.37. The lowest BCUT2D eigenvalue weighted by Crippen LogP contribution is -3.15. The van der Waals surface area contributed by atoms with E-state index in [1.54, 1.807) is 12.1 Å². The number of nitrogens with one attached hydrogen (secondary N) is 2. The molecule has 2 amide bonds. The van der Waals surface area contributed by atoms with Crippen LogP contribution in [-0.2, 0) is 11.2 Å². The van der Waals surface area contributed by atoms with Gasteiger partial charge in [-0.1, -0.05) is 19.1 Å². The normalized spacial score (nSPS) is 14.8. The highest BCUT2D eigenvalue weighted by Gasteiger charge is 2.25. The molecule has 2 aromatic carbocycles. The minimum absolute atomic E-state index is 0.0486. The highest BCUT2D eigenvalue weighted by Crippen LogP contribution is 2.09. The van der Waals surface area contributed by atoms with E-state index >= 15 is 0 Å². The maximum atomic E-state index is 12.9. The Hall–Kier alpha value is -2.73. The van der Waals surface area contributed by atoms with Gasteiger partial charge in [0.2, 0.25) is 0 Å². The molecule has 0 aromatic heterocycles. The average Bonchev–Trinajstić information content (AvgIpc) is 2.70. The molecule has 27 heavy (non-hydrogen) atoms. The van der Waals surface area contributed by atoms with Gasteiger partial charge in [-0.15, -0.1) is 0 Å². The van der Waals surface area contributed by atoms with E-state index in [4.69, 9.17) is 0 Å². The van der Waals surface area contributed by atoms with Crippen molar-refractivity contribution in [3.63, 3.8) is 0 Å². The minimum atomic E-state index is -0.330. The van der Waals surface area contributed by atoms with Crippen LogP contribution < -0.4 is 10.2 Å². The maximum Gasteiger partial charge on any atom is 0.279 e. The first-order valence-electron chi connectivity index (χ1n) is 9.32. The van der Waals surface area contributed by atoms with Crippen molar-refractivity contribution in [1.29, 1.82) is 0 Å². The van der Waals surface area contributed by atoms with Crippen LogP contribution in [0.3, 0.4) is 0 Å². The fourth-order valence-electron chi connectivity index (χ4n) is 3.23. The molecule has 0 unspecified atom stereocenters. The summed E-state index contributed by atoms with van der Waals surface area (Å²) in [5.41, 5.74) is 2.52. The highest BCUT2D eigenvalue weighted by molar-refractivity contribution is 5.94. The number of aryl methyl sites for hydroxylation is 1. The molecule has 0 spiro atoms. The van der Waals surface area contributed by atoms with Crippen LogP contribution in [0.5, 0.6) is 0 Å². The molecule has 3 rings (SSSR count). The largest absolute Gasteiger partial charge is 0.327 e. The van der Waals surface area contributed by atoms with E-state index in [9.17, 15) is 14.0 Å². The topological polar surface area (TPSA) is 53.9 Å². The number of anilines is 1. The van der Waals surface area contributed by atoms with Crippen molar-refractivity contribution in [3.8, 4) is 0 Å². The van der Waals surface area contributed by atoms with Crippen LogP contribution in [0, 0.1) is 5.82 Å². The second-order valence-electron chi connectivity index (χ2n) is 6.82. The number of hydrogen-bond donors (Lipinski definition) is 2. The van der Waals surface area contributed by atoms with Gasteiger partial charge in [-0.05, 0) is 48.4 Å². The molecule has 2 aromatic rings. The zero-order valence-electron chi connectivity index (χ0n) is 15.5. The van der Waals surface area contributed by atoms with E-state index in [1.807, 2.05) is 29.2 Å². The quantitative estimate of drug-likeness (QED) is 0.835. The Bertz CT molecular complexity index is 782. The Morgan fingerprint density at radius 3 is 2.26 bits per heavy atom. The summed E-state index contributed by atoms with van der Waals surface area (Å²) in [6, 6.07) is 13.5. The minimum Gasteiger partial charge on any atom is -0.327 e. The van der Waals surface area contributed by atoms with Crippen LogP contribution in [0.15, 0.2) is 48.5 Å². The number of rotatable bonds is 5. The van der Waals surface area contributed by atoms with Crippen molar-refractivity contribution in [3.05, 3.63) is 65.5 Å². The van der Waals surface area contributed by atoms with Crippen molar-refractivity contribution >= 4 is 17.5 Å². The first kappa shape index (κ1) is 19.0. The molecule has 6 heteroatoms. The van der Waals surface area contributed by atoms with Crippen LogP contribution in [0.4, 0.5) is 10.1 Å². The molecule has 1 aliphatic rings. The van der Waals surface area contributed by atoms with Gasteiger partial charge in [0.05, 0.1) is 26.2 Å². The molecule has 1 saturated heterocycles. The number of piperazine rings is 1. The van der Waals surface area contributed by atoms with Gasteiger partial charge in [-0.2, -0.15) is 0 Å². The average molecular weight is 370 g/mol. The van der Waals surface area contributed by atoms with Gasteiger partial charge in [-0.3, -0.25) is 9.59 Å². The lowest BCUT2D eigenvalue weighted by atomic mass is 10.1.